The number of unbranched alkanes of at least 4 members (excludes halogenated alkanes) is 40. The molecule has 0 aromatic carbocycles. The van der Waals surface area contributed by atoms with Crippen molar-refractivity contribution in [2.45, 2.75) is 327 Å². The molecule has 0 aromatic rings. The number of aliphatic hydroxyl groups is 4. The van der Waals surface area contributed by atoms with Gasteiger partial charge in [0.05, 0.1) is 18.8 Å². The normalized spacial score (nSPS) is 13.9. The van der Waals surface area contributed by atoms with E-state index in [-0.39, 0.29) is 0 Å². The molecule has 0 aliphatic rings. The van der Waals surface area contributed by atoms with Crippen LogP contribution in [0.5, 0.6) is 0 Å². The molecule has 0 bridgehead atoms. The van der Waals surface area contributed by atoms with Crippen LogP contribution in [0.15, 0.2) is 12.2 Å². The van der Waals surface area contributed by atoms with E-state index >= 15 is 0 Å². The highest BCUT2D eigenvalue weighted by molar-refractivity contribution is 5.80. The molecular formula is C55H109NO5. The number of hydrogen-bond acceptors (Lipinski definition) is 5. The minimum atomic E-state index is -1.26. The Morgan fingerprint density at radius 2 is 0.656 bits per heavy atom. The smallest absolute Gasteiger partial charge is 0.249 e. The molecular weight excluding hydrogens is 755 g/mol. The molecule has 0 aliphatic carbocycles. The Morgan fingerprint density at radius 3 is 0.951 bits per heavy atom. The first-order valence-corrected chi connectivity index (χ1v) is 27.6. The summed E-state index contributed by atoms with van der Waals surface area (Å²) < 4.78 is 0. The fourth-order valence-electron chi connectivity index (χ4n) is 8.87. The maximum absolute atomic E-state index is 12.5. The van der Waals surface area contributed by atoms with Crippen LogP contribution < -0.4 is 5.32 Å². The number of nitrogens with one attached hydrogen (secondary N) is 1. The number of aliphatic hydroxyl groups excluding tert-OH is 4. The largest absolute Gasteiger partial charge is 0.394 e. The maximum atomic E-state index is 12.5. The summed E-state index contributed by atoms with van der Waals surface area (Å²) in [5.74, 6) is -0.588. The van der Waals surface area contributed by atoms with E-state index in [9.17, 15) is 25.2 Å². The average Bonchev–Trinajstić information content (AvgIpc) is 3.26. The summed E-state index contributed by atoms with van der Waals surface area (Å²) in [4.78, 5) is 12.5. The van der Waals surface area contributed by atoms with Crippen molar-refractivity contribution in [3.05, 3.63) is 12.2 Å². The minimum absolute atomic E-state index is 0.358. The van der Waals surface area contributed by atoms with E-state index in [4.69, 9.17) is 0 Å². The summed E-state index contributed by atoms with van der Waals surface area (Å²) >= 11 is 0. The van der Waals surface area contributed by atoms with Gasteiger partial charge in [-0.1, -0.05) is 276 Å². The lowest BCUT2D eigenvalue weighted by molar-refractivity contribution is -0.132. The van der Waals surface area contributed by atoms with Crippen LogP contribution in [0.4, 0.5) is 0 Å². The summed E-state index contributed by atoms with van der Waals surface area (Å²) in [6, 6.07) is -0.987. The van der Waals surface area contributed by atoms with Crippen molar-refractivity contribution in [1.82, 2.24) is 5.32 Å². The monoisotopic (exact) mass is 864 g/mol. The van der Waals surface area contributed by atoms with Crippen molar-refractivity contribution in [3.63, 3.8) is 0 Å². The Morgan fingerprint density at radius 1 is 0.393 bits per heavy atom. The van der Waals surface area contributed by atoms with Crippen molar-refractivity contribution >= 4 is 5.91 Å². The summed E-state index contributed by atoms with van der Waals surface area (Å²) in [7, 11) is 0. The number of hydrogen-bond donors (Lipinski definition) is 5. The van der Waals surface area contributed by atoms with Crippen LogP contribution in [0.1, 0.15) is 303 Å². The van der Waals surface area contributed by atoms with E-state index < -0.39 is 36.9 Å². The van der Waals surface area contributed by atoms with E-state index in [0.29, 0.717) is 12.8 Å². The first-order chi connectivity index (χ1) is 30.0. The summed E-state index contributed by atoms with van der Waals surface area (Å²) in [6.45, 7) is 4.07. The van der Waals surface area contributed by atoms with Crippen LogP contribution in [-0.4, -0.2) is 57.3 Å². The van der Waals surface area contributed by atoms with Gasteiger partial charge in [-0.25, -0.2) is 0 Å². The average molecular weight is 864 g/mol. The molecule has 0 aromatic heterocycles. The maximum Gasteiger partial charge on any atom is 0.249 e. The second kappa shape index (κ2) is 50.1. The van der Waals surface area contributed by atoms with Gasteiger partial charge in [-0.15, -0.1) is 0 Å². The molecule has 0 rings (SSSR count). The third-order valence-electron chi connectivity index (χ3n) is 13.2. The summed E-state index contributed by atoms with van der Waals surface area (Å²) in [5.41, 5.74) is 0. The molecule has 1 amide bonds. The SMILES string of the molecule is CCCCCCCCC/C=C\CCCCCCC(O)C(=O)NC(CO)C(O)C(O)CCCCCCCCCCCCCCCCCCCCCCCCCCCCCCCC. The Bertz CT molecular complexity index is 882. The number of allylic oxidation sites excluding steroid dienone is 2. The fourth-order valence-corrected chi connectivity index (χ4v) is 8.87. The third-order valence-corrected chi connectivity index (χ3v) is 13.2. The first kappa shape index (κ1) is 60.1. The third kappa shape index (κ3) is 44.1. The van der Waals surface area contributed by atoms with E-state index in [1.165, 1.54) is 225 Å². The Balaban J connectivity index is 3.56. The summed E-state index contributed by atoms with van der Waals surface area (Å²) in [5, 5.41) is 43.9. The second-order valence-electron chi connectivity index (χ2n) is 19.3. The van der Waals surface area contributed by atoms with Gasteiger partial charge in [-0.2, -0.15) is 0 Å². The highest BCUT2D eigenvalue weighted by Gasteiger charge is 2.28. The molecule has 4 atom stereocenters. The van der Waals surface area contributed by atoms with Gasteiger partial charge >= 0.3 is 0 Å². The molecule has 61 heavy (non-hydrogen) atoms. The lowest BCUT2D eigenvalue weighted by Crippen LogP contribution is -2.53. The predicted octanol–water partition coefficient (Wildman–Crippen LogP) is 15.7. The molecule has 0 saturated heterocycles. The molecule has 6 heteroatoms. The Kier molecular flexibility index (Phi) is 49.3. The minimum Gasteiger partial charge on any atom is -0.394 e. The standard InChI is InChI=1S/C55H109NO5/c1-3-5-7-9-11-13-15-17-19-20-21-22-23-24-25-26-27-28-29-30-31-32-33-35-36-38-40-42-44-46-48-52(58)54(60)51(50-57)56-55(61)53(59)49-47-45-43-41-39-37-34-18-16-14-12-10-8-6-4-2/h34,37,51-54,57-60H,3-33,35-36,38-50H2,1-2H3,(H,56,61)/b37-34-. The van der Waals surface area contributed by atoms with Crippen LogP contribution in [0.3, 0.4) is 0 Å². The zero-order valence-electron chi connectivity index (χ0n) is 41.2. The van der Waals surface area contributed by atoms with Gasteiger partial charge in [0, 0.05) is 0 Å². The van der Waals surface area contributed by atoms with Gasteiger partial charge in [0.2, 0.25) is 5.91 Å². The molecule has 0 aliphatic heterocycles. The lowest BCUT2D eigenvalue weighted by Gasteiger charge is -2.27. The van der Waals surface area contributed by atoms with Crippen molar-refractivity contribution < 1.29 is 25.2 Å². The van der Waals surface area contributed by atoms with E-state index in [1.807, 2.05) is 0 Å². The van der Waals surface area contributed by atoms with E-state index in [1.54, 1.807) is 0 Å². The van der Waals surface area contributed by atoms with Crippen molar-refractivity contribution in [3.8, 4) is 0 Å². The Hall–Kier alpha value is -0.950. The highest BCUT2D eigenvalue weighted by atomic mass is 16.3. The van der Waals surface area contributed by atoms with Crippen molar-refractivity contribution in [1.29, 1.82) is 0 Å². The van der Waals surface area contributed by atoms with Crippen LogP contribution in [-0.2, 0) is 4.79 Å². The molecule has 0 fully saturated rings. The van der Waals surface area contributed by atoms with Crippen molar-refractivity contribution in [2.24, 2.45) is 0 Å². The molecule has 0 spiro atoms. The fraction of sp³-hybridized carbons (Fsp3) is 0.945. The molecule has 0 saturated carbocycles. The van der Waals surface area contributed by atoms with Crippen LogP contribution in [0.2, 0.25) is 0 Å². The van der Waals surface area contributed by atoms with Gasteiger partial charge in [0.15, 0.2) is 0 Å². The quantitative estimate of drug-likeness (QED) is 0.0309. The zero-order valence-corrected chi connectivity index (χ0v) is 41.2. The summed E-state index contributed by atoms with van der Waals surface area (Å²) in [6.07, 6.45) is 58.6. The number of carbonyl (C=O) groups is 1. The van der Waals surface area contributed by atoms with E-state index in [2.05, 4.69) is 31.3 Å². The molecule has 364 valence electrons. The van der Waals surface area contributed by atoms with Gasteiger partial charge in [0.25, 0.3) is 0 Å². The molecule has 5 N–H and O–H groups in total. The van der Waals surface area contributed by atoms with Gasteiger partial charge in [-0.05, 0) is 38.5 Å². The van der Waals surface area contributed by atoms with E-state index in [0.717, 1.165) is 51.4 Å². The first-order valence-electron chi connectivity index (χ1n) is 27.6. The van der Waals surface area contributed by atoms with Crippen LogP contribution in [0.25, 0.3) is 0 Å². The van der Waals surface area contributed by atoms with Crippen molar-refractivity contribution in [2.75, 3.05) is 6.61 Å². The number of amides is 1. The number of rotatable bonds is 51. The molecule has 0 heterocycles. The molecule has 4 unspecified atom stereocenters. The van der Waals surface area contributed by atoms with Gasteiger partial charge < -0.3 is 25.7 Å². The zero-order chi connectivity index (χ0) is 44.5. The second-order valence-corrected chi connectivity index (χ2v) is 19.3. The topological polar surface area (TPSA) is 110 Å². The number of carbonyl (C=O) groups excluding carboxylic acids is 1. The molecule has 0 radical (unpaired) electrons. The highest BCUT2D eigenvalue weighted by Crippen LogP contribution is 2.18. The van der Waals surface area contributed by atoms with Gasteiger partial charge in [0.1, 0.15) is 12.2 Å². The van der Waals surface area contributed by atoms with Gasteiger partial charge in [-0.3, -0.25) is 4.79 Å². The molecule has 6 nitrogen and oxygen atoms in total. The van der Waals surface area contributed by atoms with Crippen LogP contribution >= 0.6 is 0 Å². The lowest BCUT2D eigenvalue weighted by atomic mass is 9.99. The Labute approximate surface area is 381 Å². The predicted molar refractivity (Wildman–Crippen MR) is 265 cm³/mol. The van der Waals surface area contributed by atoms with Crippen LogP contribution in [0, 0.1) is 0 Å².